The molecule has 4 aliphatic heterocycles. The first-order chi connectivity index (χ1) is 26.4. The average molecular weight is 792 g/mol. The highest BCUT2D eigenvalue weighted by molar-refractivity contribution is 6.04. The van der Waals surface area contributed by atoms with Crippen LogP contribution in [0.5, 0.6) is 0 Å². The molecule has 56 heavy (non-hydrogen) atoms. The van der Waals surface area contributed by atoms with Crippen LogP contribution < -0.4 is 15.5 Å². The Labute approximate surface area is 312 Å². The molecule has 1 unspecified atom stereocenters. The van der Waals surface area contributed by atoms with E-state index in [0.29, 0.717) is 28.1 Å². The van der Waals surface area contributed by atoms with Gasteiger partial charge in [0.2, 0.25) is 0 Å². The number of nitrogens with zero attached hydrogens (tertiary/aromatic N) is 5. The van der Waals surface area contributed by atoms with E-state index in [1.807, 2.05) is 16.7 Å². The summed E-state index contributed by atoms with van der Waals surface area (Å²) in [5.74, 6) is -6.40. The standard InChI is InChI=1S/C32H30FN7O2.2C2HF3O2/c33-25-13-21(20-6-8-22(9-7-20)39-17-32(18-39)15-34-16-32)12-23-24(25)14-40(31(23)42)29(28-26-4-3-11-38(26)19-36-28)30(41)37-27-5-1-2-10-35-27;2*3-2(4,5)1(6)7/h1-2,5-10,12-13,19,29,34H,3-4,11,14-18H2,(H,35,37,41);2*(H,6,7). The number of rotatable bonds is 6. The number of anilines is 2. The van der Waals surface area contributed by atoms with Gasteiger partial charge in [0.15, 0.2) is 6.04 Å². The van der Waals surface area contributed by atoms with Crippen molar-refractivity contribution < 1.29 is 60.1 Å². The lowest BCUT2D eigenvalue weighted by Crippen LogP contribution is -2.71. The number of nitrogens with one attached hydrogen (secondary N) is 2. The van der Waals surface area contributed by atoms with Gasteiger partial charge >= 0.3 is 24.3 Å². The van der Waals surface area contributed by atoms with Crippen molar-refractivity contribution in [2.24, 2.45) is 5.41 Å². The van der Waals surface area contributed by atoms with Gasteiger partial charge in [-0.1, -0.05) is 18.2 Å². The summed E-state index contributed by atoms with van der Waals surface area (Å²) in [6.07, 6.45) is -5.15. The Morgan fingerprint density at radius 1 is 0.893 bits per heavy atom. The van der Waals surface area contributed by atoms with Gasteiger partial charge in [-0.3, -0.25) is 9.59 Å². The molecule has 8 rings (SSSR count). The number of amides is 2. The number of aryl methyl sites for hydroxylation is 1. The molecule has 0 radical (unpaired) electrons. The zero-order valence-corrected chi connectivity index (χ0v) is 29.0. The number of carboxylic acids is 2. The van der Waals surface area contributed by atoms with Crippen LogP contribution in [0, 0.1) is 11.2 Å². The second-order valence-corrected chi connectivity index (χ2v) is 13.5. The molecule has 6 heterocycles. The number of aromatic nitrogens is 3. The van der Waals surface area contributed by atoms with Gasteiger partial charge in [0.05, 0.1) is 18.6 Å². The molecule has 20 heteroatoms. The average Bonchev–Trinajstić information content (AvgIpc) is 3.81. The van der Waals surface area contributed by atoms with Crippen molar-refractivity contribution in [3.63, 3.8) is 0 Å². The Morgan fingerprint density at radius 3 is 2.09 bits per heavy atom. The molecule has 4 N–H and O–H groups in total. The van der Waals surface area contributed by atoms with E-state index < -0.39 is 42.1 Å². The molecular formula is C36H32F7N7O6. The number of carbonyl (C=O) groups excluding carboxylic acids is 2. The summed E-state index contributed by atoms with van der Waals surface area (Å²) < 4.78 is 81.1. The monoisotopic (exact) mass is 791 g/mol. The van der Waals surface area contributed by atoms with Crippen molar-refractivity contribution >= 4 is 35.3 Å². The molecule has 2 amide bonds. The molecule has 4 aliphatic rings. The molecule has 2 saturated heterocycles. The highest BCUT2D eigenvalue weighted by Gasteiger charge is 2.47. The zero-order chi connectivity index (χ0) is 40.6. The number of imidazole rings is 1. The molecule has 2 aromatic heterocycles. The van der Waals surface area contributed by atoms with Crippen molar-refractivity contribution in [3.05, 3.63) is 95.5 Å². The summed E-state index contributed by atoms with van der Waals surface area (Å²) in [7, 11) is 0. The number of hydrogen-bond acceptors (Lipinski definition) is 8. The third-order valence-corrected chi connectivity index (χ3v) is 9.64. The molecule has 0 saturated carbocycles. The molecule has 13 nitrogen and oxygen atoms in total. The van der Waals surface area contributed by atoms with Crippen LogP contribution in [-0.2, 0) is 33.9 Å². The lowest BCUT2D eigenvalue weighted by atomic mass is 9.74. The number of alkyl halides is 6. The number of halogens is 7. The predicted octanol–water partition coefficient (Wildman–Crippen LogP) is 5.04. The van der Waals surface area contributed by atoms with Gasteiger partial charge in [-0.2, -0.15) is 26.3 Å². The highest BCUT2D eigenvalue weighted by atomic mass is 19.4. The van der Waals surface area contributed by atoms with Gasteiger partial charge < -0.3 is 35.2 Å². The number of hydrogen-bond donors (Lipinski definition) is 4. The maximum Gasteiger partial charge on any atom is 0.490 e. The van der Waals surface area contributed by atoms with E-state index in [1.165, 1.54) is 11.0 Å². The first-order valence-electron chi connectivity index (χ1n) is 16.9. The molecule has 2 aromatic carbocycles. The minimum absolute atomic E-state index is 0.0165. The quantitative estimate of drug-likeness (QED) is 0.194. The number of carboxylic acid groups (broad SMARTS) is 2. The first kappa shape index (κ1) is 39.6. The number of carbonyl (C=O) groups is 4. The third-order valence-electron chi connectivity index (χ3n) is 9.64. The van der Waals surface area contributed by atoms with Crippen molar-refractivity contribution in [2.75, 3.05) is 36.4 Å². The summed E-state index contributed by atoms with van der Waals surface area (Å²) >= 11 is 0. The number of fused-ring (bicyclic) bond motifs is 2. The van der Waals surface area contributed by atoms with E-state index in [9.17, 15) is 35.9 Å². The number of pyridine rings is 1. The van der Waals surface area contributed by atoms with Crippen LogP contribution >= 0.6 is 0 Å². The molecule has 0 aliphatic carbocycles. The van der Waals surface area contributed by atoms with E-state index in [1.54, 1.807) is 36.8 Å². The van der Waals surface area contributed by atoms with Gasteiger partial charge in [-0.15, -0.1) is 0 Å². The minimum atomic E-state index is -5.08. The fourth-order valence-corrected chi connectivity index (χ4v) is 6.85. The first-order valence-corrected chi connectivity index (χ1v) is 16.9. The highest BCUT2D eigenvalue weighted by Crippen LogP contribution is 2.40. The van der Waals surface area contributed by atoms with E-state index in [2.05, 4.69) is 37.6 Å². The van der Waals surface area contributed by atoms with Crippen molar-refractivity contribution in [1.29, 1.82) is 0 Å². The zero-order valence-electron chi connectivity index (χ0n) is 29.0. The normalized spacial score (nSPS) is 16.9. The van der Waals surface area contributed by atoms with Crippen LogP contribution in [0.3, 0.4) is 0 Å². The van der Waals surface area contributed by atoms with Gasteiger partial charge in [-0.25, -0.2) is 23.9 Å². The Morgan fingerprint density at radius 2 is 1.54 bits per heavy atom. The Bertz CT molecular complexity index is 2110. The lowest BCUT2D eigenvalue weighted by Gasteiger charge is -2.57. The van der Waals surface area contributed by atoms with Crippen LogP contribution in [0.2, 0.25) is 0 Å². The Hall–Kier alpha value is -6.05. The maximum absolute atomic E-state index is 15.6. The molecule has 1 atom stereocenters. The molecule has 4 aromatic rings. The Balaban J connectivity index is 0.000000326. The molecule has 296 valence electrons. The van der Waals surface area contributed by atoms with Gasteiger partial charge in [0, 0.05) is 66.8 Å². The fraction of sp³-hybridized carbons (Fsp3) is 0.333. The van der Waals surface area contributed by atoms with Gasteiger partial charge in [-0.05, 0) is 60.4 Å². The van der Waals surface area contributed by atoms with E-state index in [-0.39, 0.29) is 18.0 Å². The van der Waals surface area contributed by atoms with Crippen LogP contribution in [0.4, 0.5) is 42.2 Å². The van der Waals surface area contributed by atoms with Crippen molar-refractivity contribution in [3.8, 4) is 11.1 Å². The summed E-state index contributed by atoms with van der Waals surface area (Å²) in [5.41, 5.74) is 5.09. The SMILES string of the molecule is O=C(Nc1ccccn1)C(c1ncn2c1CCC2)N1Cc2c(F)cc(-c3ccc(N4CC5(CNC5)C4)cc3)cc2C1=O.O=C(O)C(F)(F)F.O=C(O)C(F)(F)F. The molecule has 2 fully saturated rings. The molecule has 0 bridgehead atoms. The van der Waals surface area contributed by atoms with Crippen molar-refractivity contribution in [1.82, 2.24) is 24.8 Å². The van der Waals surface area contributed by atoms with Gasteiger partial charge in [0.25, 0.3) is 11.8 Å². The number of aliphatic carboxylic acids is 2. The summed E-state index contributed by atoms with van der Waals surface area (Å²) in [6, 6.07) is 15.5. The van der Waals surface area contributed by atoms with Crippen molar-refractivity contribution in [2.45, 2.75) is 44.3 Å². The predicted molar refractivity (Wildman–Crippen MR) is 183 cm³/mol. The van der Waals surface area contributed by atoms with E-state index in [0.717, 1.165) is 62.5 Å². The smallest absolute Gasteiger partial charge is 0.475 e. The topological polar surface area (TPSA) is 170 Å². The summed E-state index contributed by atoms with van der Waals surface area (Å²) in [4.78, 5) is 58.1. The van der Waals surface area contributed by atoms with Crippen LogP contribution in [0.1, 0.15) is 39.8 Å². The van der Waals surface area contributed by atoms with Gasteiger partial charge in [0.1, 0.15) is 11.6 Å². The van der Waals surface area contributed by atoms with E-state index in [4.69, 9.17) is 19.8 Å². The number of benzene rings is 2. The minimum Gasteiger partial charge on any atom is -0.475 e. The second kappa shape index (κ2) is 15.2. The summed E-state index contributed by atoms with van der Waals surface area (Å²) in [6.45, 7) is 5.05. The largest absolute Gasteiger partial charge is 0.490 e. The third kappa shape index (κ3) is 8.28. The lowest BCUT2D eigenvalue weighted by molar-refractivity contribution is -0.193. The van der Waals surface area contributed by atoms with Crippen LogP contribution in [0.15, 0.2) is 67.1 Å². The fourth-order valence-electron chi connectivity index (χ4n) is 6.85. The Kier molecular flexibility index (Phi) is 10.8. The summed E-state index contributed by atoms with van der Waals surface area (Å²) in [5, 5.41) is 20.4. The molecule has 1 spiro atoms. The second-order valence-electron chi connectivity index (χ2n) is 13.5. The molecular weight excluding hydrogens is 759 g/mol. The van der Waals surface area contributed by atoms with Crippen LogP contribution in [-0.4, -0.2) is 91.9 Å². The van der Waals surface area contributed by atoms with E-state index >= 15 is 4.39 Å². The maximum atomic E-state index is 15.6. The van der Waals surface area contributed by atoms with Crippen LogP contribution in [0.25, 0.3) is 11.1 Å².